The molecule has 0 bridgehead atoms. The number of hydrogen-bond acceptors (Lipinski definition) is 3. The molecule has 18 heavy (non-hydrogen) atoms. The SMILES string of the molecule is OC1CCN(Cc2ccccn2)c2ccccc21. The Morgan fingerprint density at radius 1 is 1.17 bits per heavy atom. The predicted octanol–water partition coefficient (Wildman–Crippen LogP) is 2.53. The normalized spacial score (nSPS) is 18.5. The van der Waals surface area contributed by atoms with Crippen molar-refractivity contribution in [1.29, 1.82) is 0 Å². The Morgan fingerprint density at radius 3 is 2.83 bits per heavy atom. The lowest BCUT2D eigenvalue weighted by Gasteiger charge is -2.33. The van der Waals surface area contributed by atoms with Gasteiger partial charge in [-0.3, -0.25) is 4.98 Å². The van der Waals surface area contributed by atoms with E-state index in [4.69, 9.17) is 0 Å². The average molecular weight is 240 g/mol. The van der Waals surface area contributed by atoms with Gasteiger partial charge < -0.3 is 10.0 Å². The first-order valence-corrected chi connectivity index (χ1v) is 6.26. The van der Waals surface area contributed by atoms with E-state index in [1.54, 1.807) is 0 Å². The molecule has 0 amide bonds. The number of anilines is 1. The summed E-state index contributed by atoms with van der Waals surface area (Å²) >= 11 is 0. The molecule has 0 spiro atoms. The van der Waals surface area contributed by atoms with Crippen molar-refractivity contribution in [2.75, 3.05) is 11.4 Å². The highest BCUT2D eigenvalue weighted by molar-refractivity contribution is 5.56. The molecule has 1 N–H and O–H groups in total. The number of nitrogens with zero attached hydrogens (tertiary/aromatic N) is 2. The van der Waals surface area contributed by atoms with Gasteiger partial charge in [0.25, 0.3) is 0 Å². The number of aromatic nitrogens is 1. The van der Waals surface area contributed by atoms with E-state index in [0.29, 0.717) is 0 Å². The van der Waals surface area contributed by atoms with Crippen LogP contribution < -0.4 is 4.90 Å². The lowest BCUT2D eigenvalue weighted by molar-refractivity contribution is 0.164. The van der Waals surface area contributed by atoms with Gasteiger partial charge in [0, 0.05) is 24.0 Å². The number of pyridine rings is 1. The molecule has 2 aromatic rings. The Balaban J connectivity index is 1.89. The van der Waals surface area contributed by atoms with E-state index in [1.165, 1.54) is 0 Å². The molecule has 0 aliphatic carbocycles. The topological polar surface area (TPSA) is 36.4 Å². The molecule has 0 fully saturated rings. The largest absolute Gasteiger partial charge is 0.388 e. The third-order valence-corrected chi connectivity index (χ3v) is 3.39. The number of aliphatic hydroxyl groups excluding tert-OH is 1. The van der Waals surface area contributed by atoms with Crippen molar-refractivity contribution in [2.24, 2.45) is 0 Å². The van der Waals surface area contributed by atoms with Gasteiger partial charge in [-0.05, 0) is 24.6 Å². The molecule has 92 valence electrons. The van der Waals surface area contributed by atoms with Crippen LogP contribution in [0.2, 0.25) is 0 Å². The average Bonchev–Trinajstić information content (AvgIpc) is 2.44. The molecular formula is C15H16N2O. The van der Waals surface area contributed by atoms with Gasteiger partial charge in [-0.2, -0.15) is 0 Å². The van der Waals surface area contributed by atoms with Crippen molar-refractivity contribution in [1.82, 2.24) is 4.98 Å². The molecule has 1 aliphatic rings. The lowest BCUT2D eigenvalue weighted by atomic mass is 9.99. The second-order valence-corrected chi connectivity index (χ2v) is 4.61. The fourth-order valence-electron chi connectivity index (χ4n) is 2.46. The fraction of sp³-hybridized carbons (Fsp3) is 0.267. The van der Waals surface area contributed by atoms with Crippen molar-refractivity contribution in [3.63, 3.8) is 0 Å². The summed E-state index contributed by atoms with van der Waals surface area (Å²) in [6, 6.07) is 14.0. The van der Waals surface area contributed by atoms with Crippen molar-refractivity contribution < 1.29 is 5.11 Å². The Labute approximate surface area is 107 Å². The zero-order chi connectivity index (χ0) is 12.4. The van der Waals surface area contributed by atoms with Crippen LogP contribution >= 0.6 is 0 Å². The summed E-state index contributed by atoms with van der Waals surface area (Å²) in [4.78, 5) is 6.64. The number of fused-ring (bicyclic) bond motifs is 1. The van der Waals surface area contributed by atoms with E-state index in [0.717, 1.165) is 36.5 Å². The second-order valence-electron chi connectivity index (χ2n) is 4.61. The van der Waals surface area contributed by atoms with Crippen LogP contribution in [0.1, 0.15) is 23.8 Å². The van der Waals surface area contributed by atoms with Gasteiger partial charge >= 0.3 is 0 Å². The second kappa shape index (κ2) is 4.78. The monoisotopic (exact) mass is 240 g/mol. The van der Waals surface area contributed by atoms with Crippen LogP contribution in [-0.4, -0.2) is 16.6 Å². The number of para-hydroxylation sites is 1. The van der Waals surface area contributed by atoms with E-state index >= 15 is 0 Å². The molecule has 1 aromatic carbocycles. The van der Waals surface area contributed by atoms with Gasteiger partial charge in [-0.25, -0.2) is 0 Å². The van der Waals surface area contributed by atoms with Gasteiger partial charge in [0.15, 0.2) is 0 Å². The van der Waals surface area contributed by atoms with Crippen LogP contribution in [0.15, 0.2) is 48.7 Å². The minimum Gasteiger partial charge on any atom is -0.388 e. The minimum absolute atomic E-state index is 0.332. The molecular weight excluding hydrogens is 224 g/mol. The quantitative estimate of drug-likeness (QED) is 0.876. The standard InChI is InChI=1S/C15H16N2O/c18-15-8-10-17(11-12-5-3-4-9-16-12)14-7-2-1-6-13(14)15/h1-7,9,15,18H,8,10-11H2. The summed E-state index contributed by atoms with van der Waals surface area (Å²) < 4.78 is 0. The molecule has 3 nitrogen and oxygen atoms in total. The number of hydrogen-bond donors (Lipinski definition) is 1. The molecule has 0 saturated heterocycles. The summed E-state index contributed by atoms with van der Waals surface area (Å²) in [5.41, 5.74) is 3.21. The highest BCUT2D eigenvalue weighted by Gasteiger charge is 2.22. The van der Waals surface area contributed by atoms with Crippen molar-refractivity contribution in [3.05, 3.63) is 59.9 Å². The van der Waals surface area contributed by atoms with E-state index in [9.17, 15) is 5.11 Å². The van der Waals surface area contributed by atoms with Gasteiger partial charge in [0.2, 0.25) is 0 Å². The van der Waals surface area contributed by atoms with Crippen LogP contribution in [0.25, 0.3) is 0 Å². The van der Waals surface area contributed by atoms with Crippen LogP contribution in [0.3, 0.4) is 0 Å². The number of aliphatic hydroxyl groups is 1. The zero-order valence-corrected chi connectivity index (χ0v) is 10.2. The summed E-state index contributed by atoms with van der Waals surface area (Å²) in [7, 11) is 0. The van der Waals surface area contributed by atoms with Gasteiger partial charge in [-0.15, -0.1) is 0 Å². The molecule has 1 unspecified atom stereocenters. The smallest absolute Gasteiger partial charge is 0.0826 e. The molecule has 0 radical (unpaired) electrons. The molecule has 2 heterocycles. The van der Waals surface area contributed by atoms with Crippen molar-refractivity contribution in [2.45, 2.75) is 19.1 Å². The Kier molecular flexibility index (Phi) is 2.99. The first kappa shape index (κ1) is 11.2. The fourth-order valence-corrected chi connectivity index (χ4v) is 2.46. The maximum Gasteiger partial charge on any atom is 0.0826 e. The molecule has 1 aliphatic heterocycles. The summed E-state index contributed by atoms with van der Waals surface area (Å²) in [5.74, 6) is 0. The van der Waals surface area contributed by atoms with E-state index in [1.807, 2.05) is 42.6 Å². The first-order valence-electron chi connectivity index (χ1n) is 6.26. The molecule has 3 rings (SSSR count). The summed E-state index contributed by atoms with van der Waals surface area (Å²) in [5, 5.41) is 10.0. The van der Waals surface area contributed by atoms with Gasteiger partial charge in [-0.1, -0.05) is 24.3 Å². The van der Waals surface area contributed by atoms with Gasteiger partial charge in [0.1, 0.15) is 0 Å². The number of rotatable bonds is 2. The molecule has 1 atom stereocenters. The van der Waals surface area contributed by atoms with Crippen molar-refractivity contribution >= 4 is 5.69 Å². The van der Waals surface area contributed by atoms with Gasteiger partial charge in [0.05, 0.1) is 18.3 Å². The maximum absolute atomic E-state index is 10.0. The Hall–Kier alpha value is -1.87. The molecule has 1 aromatic heterocycles. The van der Waals surface area contributed by atoms with Crippen LogP contribution in [0.4, 0.5) is 5.69 Å². The Bertz CT molecular complexity index is 527. The predicted molar refractivity (Wildman–Crippen MR) is 71.3 cm³/mol. The first-order chi connectivity index (χ1) is 8.84. The minimum atomic E-state index is -0.332. The number of benzene rings is 1. The Morgan fingerprint density at radius 2 is 2.00 bits per heavy atom. The summed E-state index contributed by atoms with van der Waals surface area (Å²) in [6.07, 6.45) is 2.27. The molecule has 0 saturated carbocycles. The van der Waals surface area contributed by atoms with E-state index in [-0.39, 0.29) is 6.10 Å². The highest BCUT2D eigenvalue weighted by atomic mass is 16.3. The maximum atomic E-state index is 10.0. The molecule has 3 heteroatoms. The van der Waals surface area contributed by atoms with Crippen LogP contribution in [0, 0.1) is 0 Å². The van der Waals surface area contributed by atoms with E-state index in [2.05, 4.69) is 16.0 Å². The lowest BCUT2D eigenvalue weighted by Crippen LogP contribution is -2.30. The zero-order valence-electron chi connectivity index (χ0n) is 10.2. The third-order valence-electron chi connectivity index (χ3n) is 3.39. The summed E-state index contributed by atoms with van der Waals surface area (Å²) in [6.45, 7) is 1.67. The van der Waals surface area contributed by atoms with E-state index < -0.39 is 0 Å². The third kappa shape index (κ3) is 2.09. The van der Waals surface area contributed by atoms with Crippen LogP contribution in [-0.2, 0) is 6.54 Å². The highest BCUT2D eigenvalue weighted by Crippen LogP contribution is 2.33. The van der Waals surface area contributed by atoms with Crippen LogP contribution in [0.5, 0.6) is 0 Å². The van der Waals surface area contributed by atoms with Crippen molar-refractivity contribution in [3.8, 4) is 0 Å².